The number of thiazole rings is 1. The number of ether oxygens (including phenoxy) is 3. The van der Waals surface area contributed by atoms with Crippen molar-refractivity contribution in [2.45, 2.75) is 38.4 Å². The molecule has 11 nitrogen and oxygen atoms in total. The number of carbonyl (C=O) groups is 2. The first kappa shape index (κ1) is 18.2. The van der Waals surface area contributed by atoms with Crippen molar-refractivity contribution >= 4 is 39.6 Å². The zero-order valence-corrected chi connectivity index (χ0v) is 14.6. The second-order valence-electron chi connectivity index (χ2n) is 5.55. The summed E-state index contributed by atoms with van der Waals surface area (Å²) in [5, 5.41) is 9.56. The molecule has 0 spiro atoms. The molecule has 140 valence electrons. The predicted molar refractivity (Wildman–Crippen MR) is 88.2 cm³/mol. The van der Waals surface area contributed by atoms with E-state index in [1.807, 2.05) is 0 Å². The van der Waals surface area contributed by atoms with E-state index in [1.165, 1.54) is 20.0 Å². The molecule has 1 fully saturated rings. The fourth-order valence-corrected chi connectivity index (χ4v) is 3.61. The lowest BCUT2D eigenvalue weighted by molar-refractivity contribution is -0.165. The number of aromatic nitrogens is 3. The van der Waals surface area contributed by atoms with E-state index in [9.17, 15) is 19.5 Å². The molecule has 0 amide bonds. The number of anilines is 1. The Kier molecular flexibility index (Phi) is 4.89. The van der Waals surface area contributed by atoms with E-state index in [0.29, 0.717) is 4.70 Å². The van der Waals surface area contributed by atoms with Gasteiger partial charge in [0.25, 0.3) is 0 Å². The Labute approximate surface area is 150 Å². The summed E-state index contributed by atoms with van der Waals surface area (Å²) < 4.78 is 17.7. The maximum Gasteiger partial charge on any atom is 0.311 e. The second kappa shape index (κ2) is 6.97. The first-order chi connectivity index (χ1) is 12.3. The lowest BCUT2D eigenvalue weighted by atomic mass is 10.1. The van der Waals surface area contributed by atoms with Gasteiger partial charge in [-0.1, -0.05) is 11.3 Å². The van der Waals surface area contributed by atoms with Gasteiger partial charge in [0.2, 0.25) is 5.95 Å². The minimum absolute atomic E-state index is 0.0543. The van der Waals surface area contributed by atoms with Crippen molar-refractivity contribution in [3.05, 3.63) is 15.9 Å². The average molecular weight is 384 g/mol. The van der Waals surface area contributed by atoms with Crippen LogP contribution in [0.3, 0.4) is 0 Å². The smallest absolute Gasteiger partial charge is 0.311 e. The van der Waals surface area contributed by atoms with Crippen LogP contribution in [0.1, 0.15) is 20.1 Å². The molecule has 12 heteroatoms. The van der Waals surface area contributed by atoms with Crippen LogP contribution < -0.4 is 10.6 Å². The molecule has 0 radical (unpaired) electrons. The van der Waals surface area contributed by atoms with Crippen LogP contribution in [-0.4, -0.2) is 56.5 Å². The molecule has 3 rings (SSSR count). The zero-order chi connectivity index (χ0) is 19.0. The maximum absolute atomic E-state index is 12.5. The van der Waals surface area contributed by atoms with Crippen molar-refractivity contribution < 1.29 is 28.9 Å². The summed E-state index contributed by atoms with van der Waals surface area (Å²) >= 11 is 0.855. The number of hydrogen-bond donors (Lipinski definition) is 2. The number of aliphatic hydroxyl groups is 1. The van der Waals surface area contributed by atoms with E-state index in [0.717, 1.165) is 15.9 Å². The number of aliphatic hydroxyl groups excluding tert-OH is 1. The van der Waals surface area contributed by atoms with Crippen molar-refractivity contribution in [1.29, 1.82) is 0 Å². The van der Waals surface area contributed by atoms with Crippen molar-refractivity contribution in [2.24, 2.45) is 0 Å². The van der Waals surface area contributed by atoms with Gasteiger partial charge in [0.1, 0.15) is 6.10 Å². The predicted octanol–water partition coefficient (Wildman–Crippen LogP) is -0.812. The Morgan fingerprint density at radius 1 is 1.35 bits per heavy atom. The van der Waals surface area contributed by atoms with Gasteiger partial charge in [-0.3, -0.25) is 19.0 Å². The van der Waals surface area contributed by atoms with Gasteiger partial charge in [0.15, 0.2) is 24.1 Å². The summed E-state index contributed by atoms with van der Waals surface area (Å²) in [6.45, 7) is 1.83. The second-order valence-corrected chi connectivity index (χ2v) is 6.54. The van der Waals surface area contributed by atoms with Gasteiger partial charge < -0.3 is 25.1 Å². The fraction of sp³-hybridized carbons (Fsp3) is 0.500. The van der Waals surface area contributed by atoms with E-state index >= 15 is 0 Å². The Morgan fingerprint density at radius 3 is 2.62 bits per heavy atom. The van der Waals surface area contributed by atoms with Crippen LogP contribution in [0.15, 0.2) is 11.0 Å². The first-order valence-corrected chi connectivity index (χ1v) is 8.37. The van der Waals surface area contributed by atoms with Crippen molar-refractivity contribution in [1.82, 2.24) is 14.5 Å². The molecule has 1 saturated heterocycles. The van der Waals surface area contributed by atoms with Crippen LogP contribution >= 0.6 is 11.3 Å². The minimum atomic E-state index is -1.16. The maximum atomic E-state index is 12.5. The number of rotatable bonds is 4. The summed E-state index contributed by atoms with van der Waals surface area (Å²) in [7, 11) is 0. The quantitative estimate of drug-likeness (QED) is 0.639. The van der Waals surface area contributed by atoms with Gasteiger partial charge >= 0.3 is 16.8 Å². The molecule has 3 N–H and O–H groups in total. The van der Waals surface area contributed by atoms with E-state index in [4.69, 9.17) is 19.9 Å². The van der Waals surface area contributed by atoms with Crippen molar-refractivity contribution in [3.63, 3.8) is 0 Å². The van der Waals surface area contributed by atoms with Crippen molar-refractivity contribution in [2.75, 3.05) is 12.3 Å². The molecule has 4 atom stereocenters. The number of nitrogens with two attached hydrogens (primary N) is 1. The molecule has 0 aliphatic carbocycles. The van der Waals surface area contributed by atoms with Crippen LogP contribution in [0, 0.1) is 0 Å². The number of carbonyl (C=O) groups excluding carboxylic acids is 2. The fourth-order valence-electron chi connectivity index (χ4n) is 2.79. The number of esters is 2. The molecule has 4 unspecified atom stereocenters. The van der Waals surface area contributed by atoms with Gasteiger partial charge in [-0.05, 0) is 0 Å². The lowest BCUT2D eigenvalue weighted by Crippen LogP contribution is -2.40. The molecule has 1 aliphatic rings. The molecule has 0 saturated carbocycles. The summed E-state index contributed by atoms with van der Waals surface area (Å²) in [6, 6.07) is 0. The van der Waals surface area contributed by atoms with Crippen LogP contribution in [-0.2, 0) is 23.8 Å². The normalized spacial score (nSPS) is 25.3. The number of nitrogens with zero attached hydrogens (tertiary/aromatic N) is 3. The van der Waals surface area contributed by atoms with Gasteiger partial charge in [-0.15, -0.1) is 0 Å². The average Bonchev–Trinajstić information content (AvgIpc) is 3.03. The van der Waals surface area contributed by atoms with Crippen LogP contribution in [0.4, 0.5) is 5.95 Å². The van der Waals surface area contributed by atoms with Crippen LogP contribution in [0.5, 0.6) is 0 Å². The summed E-state index contributed by atoms with van der Waals surface area (Å²) in [5.41, 5.74) is 5.78. The molecule has 2 aromatic heterocycles. The van der Waals surface area contributed by atoms with Crippen LogP contribution in [0.2, 0.25) is 0 Å². The van der Waals surface area contributed by atoms with Gasteiger partial charge in [0, 0.05) is 13.8 Å². The molecule has 3 heterocycles. The lowest BCUT2D eigenvalue weighted by Gasteiger charge is -2.23. The molecule has 0 bridgehead atoms. The highest BCUT2D eigenvalue weighted by atomic mass is 32.1. The monoisotopic (exact) mass is 384 g/mol. The Balaban J connectivity index is 2.11. The number of fused-ring (bicyclic) bond motifs is 1. The summed E-state index contributed by atoms with van der Waals surface area (Å²) in [4.78, 5) is 42.8. The largest absolute Gasteiger partial charge is 0.456 e. The van der Waals surface area contributed by atoms with Gasteiger partial charge in [0.05, 0.1) is 17.5 Å². The number of nitrogen functional groups attached to an aromatic ring is 1. The SMILES string of the molecule is CC(=O)OC1C(CO)OC(n2c(=O)sc3cnc(N)nc32)C1OC(C)=O. The van der Waals surface area contributed by atoms with E-state index in [-0.39, 0.29) is 11.6 Å². The number of hydrogen-bond acceptors (Lipinski definition) is 11. The topological polar surface area (TPSA) is 156 Å². The summed E-state index contributed by atoms with van der Waals surface area (Å²) in [5.74, 6) is -1.37. The third-order valence-electron chi connectivity index (χ3n) is 3.70. The third kappa shape index (κ3) is 3.25. The van der Waals surface area contributed by atoms with E-state index in [2.05, 4.69) is 9.97 Å². The highest BCUT2D eigenvalue weighted by molar-refractivity contribution is 7.16. The van der Waals surface area contributed by atoms with Gasteiger partial charge in [-0.2, -0.15) is 4.98 Å². The van der Waals surface area contributed by atoms with Gasteiger partial charge in [-0.25, -0.2) is 4.98 Å². The first-order valence-electron chi connectivity index (χ1n) is 7.56. The molecule has 26 heavy (non-hydrogen) atoms. The highest BCUT2D eigenvalue weighted by Crippen LogP contribution is 2.35. The molecule has 1 aliphatic heterocycles. The third-order valence-corrected chi connectivity index (χ3v) is 4.58. The Morgan fingerprint density at radius 2 is 2.00 bits per heavy atom. The Hall–Kier alpha value is -2.57. The van der Waals surface area contributed by atoms with E-state index in [1.54, 1.807) is 0 Å². The summed E-state index contributed by atoms with van der Waals surface area (Å²) in [6.07, 6.45) is -3.00. The highest BCUT2D eigenvalue weighted by Gasteiger charge is 2.50. The van der Waals surface area contributed by atoms with Crippen molar-refractivity contribution in [3.8, 4) is 0 Å². The van der Waals surface area contributed by atoms with E-state index < -0.39 is 48.0 Å². The zero-order valence-electron chi connectivity index (χ0n) is 13.8. The molecule has 0 aromatic carbocycles. The standard InChI is InChI=1S/C14H16N4O7S/c1-5(20)23-9-7(4-19)25-12(10(9)24-6(2)21)18-11-8(26-14(18)22)3-16-13(15)17-11/h3,7,9-10,12,19H,4H2,1-2H3,(H2,15,16,17). The molecule has 2 aromatic rings. The Bertz CT molecular complexity index is 910. The van der Waals surface area contributed by atoms with Crippen LogP contribution in [0.25, 0.3) is 10.3 Å². The molecular weight excluding hydrogens is 368 g/mol. The molecular formula is C14H16N4O7S. The minimum Gasteiger partial charge on any atom is -0.456 e.